The topological polar surface area (TPSA) is 285 Å². The summed E-state index contributed by atoms with van der Waals surface area (Å²) in [6, 6.07) is 8.99. The summed E-state index contributed by atoms with van der Waals surface area (Å²) in [5.41, 5.74) is -2.24. The zero-order valence-corrected chi connectivity index (χ0v) is 47.9. The molecule has 0 heterocycles. The average Bonchev–Trinajstić information content (AvgIpc) is 3.33. The van der Waals surface area contributed by atoms with E-state index in [-0.39, 0.29) is 74.5 Å². The molecule has 4 aliphatic rings. The van der Waals surface area contributed by atoms with E-state index in [2.05, 4.69) is 13.8 Å². The Hall–Kier alpha value is -4.63. The zero-order valence-electron chi connectivity index (χ0n) is 47.9. The highest BCUT2D eigenvalue weighted by molar-refractivity contribution is 5.87. The lowest BCUT2D eigenvalue weighted by molar-refractivity contribution is -0.264. The Balaban J connectivity index is 0. The van der Waals surface area contributed by atoms with E-state index in [9.17, 15) is 39.0 Å². The number of aliphatic hydroxyl groups excluding tert-OH is 2. The molecule has 17 nitrogen and oxygen atoms in total. The van der Waals surface area contributed by atoms with Gasteiger partial charge in [0, 0.05) is 19.3 Å². The number of nitrogens with zero attached hydrogens (tertiary/aromatic N) is 1. The minimum absolute atomic E-state index is 0.0475. The molecular weight excluding hydrogens is 955 g/mol. The van der Waals surface area contributed by atoms with E-state index < -0.39 is 51.1 Å². The summed E-state index contributed by atoms with van der Waals surface area (Å²) < 4.78 is 20.2. The van der Waals surface area contributed by atoms with Crippen LogP contribution in [0.25, 0.3) is 0 Å². The maximum Gasteiger partial charge on any atom is 0.335 e. The molecule has 6 N–H and O–H groups in total. The van der Waals surface area contributed by atoms with E-state index in [0.717, 1.165) is 51.4 Å². The number of ether oxygens (including phenoxy) is 4. The molecule has 6 unspecified atom stereocenters. The normalized spacial score (nSPS) is 21.7. The van der Waals surface area contributed by atoms with Gasteiger partial charge in [0.15, 0.2) is 0 Å². The monoisotopic (exact) mass is 1050 g/mol. The largest absolute Gasteiger partial charge is 0.481 e. The number of carboxylic acid groups (broad SMARTS) is 2. The van der Waals surface area contributed by atoms with Gasteiger partial charge in [-0.25, -0.2) is 4.79 Å². The fourth-order valence-corrected chi connectivity index (χ4v) is 7.68. The highest BCUT2D eigenvalue weighted by Crippen LogP contribution is 2.60. The number of nitriles is 1. The van der Waals surface area contributed by atoms with Crippen LogP contribution in [0.1, 0.15) is 216 Å². The van der Waals surface area contributed by atoms with Crippen molar-refractivity contribution >= 4 is 35.8 Å². The van der Waals surface area contributed by atoms with E-state index in [1.165, 1.54) is 5.56 Å². The number of benzene rings is 1. The Kier molecular flexibility index (Phi) is 32.3. The maximum absolute atomic E-state index is 12.4. The number of carbonyl (C=O) groups is 6. The van der Waals surface area contributed by atoms with Crippen molar-refractivity contribution in [1.82, 2.24) is 0 Å². The Morgan fingerprint density at radius 3 is 1.47 bits per heavy atom. The summed E-state index contributed by atoms with van der Waals surface area (Å²) >= 11 is 0. The van der Waals surface area contributed by atoms with E-state index in [0.29, 0.717) is 37.2 Å². The third-order valence-electron chi connectivity index (χ3n) is 14.2. The van der Waals surface area contributed by atoms with E-state index >= 15 is 0 Å². The molecular formula is C57H97NO16. The Morgan fingerprint density at radius 1 is 0.662 bits per heavy atom. The SMILES string of the molecule is CCC(C)(C)C(=O)O.CCC(C)(C)C(=O)OC12CC3CC(O)(CC(O)(C3)C1)C2.CCC(C)(C)C(=O)OCCO.CCC(C)C(=O)OCC(C)O.CCC(C)C(=O)OCCC#N.CCC(C)c1ccc(C(=O)O)cc1. The standard InChI is InChI=1S/C16H26O4.C11H14O2.C8H13NO2.2C8H16O3.C6H12O2/c1-4-13(2,3)12(17)20-16-7-11-5-14(18,9-16)8-15(19,6-11)10-16;1-3-8(2)9-4-6-10(7-5-9)11(12)13;1-3-7(2)8(10)11-6-4-5-9;1-4-8(2,3)7(10)11-6-5-9;1-4-6(2)8(10)11-5-7(3)9;1-4-6(2,3)5(7)8/h11,18-19H,4-10H2,1-3H3;4-8H,3H2,1-2H3,(H,12,13);7H,3-4,6H2,1-2H3;9H,4-6H2,1-3H3;6-7,9H,4-5H2,1-3H3;4H2,1-3H3,(H,7,8). The lowest BCUT2D eigenvalue weighted by Crippen LogP contribution is -2.67. The van der Waals surface area contributed by atoms with Gasteiger partial charge in [-0.2, -0.15) is 5.26 Å². The molecule has 6 atom stereocenters. The molecule has 4 saturated carbocycles. The summed E-state index contributed by atoms with van der Waals surface area (Å²) in [6.45, 7) is 30.3. The number of rotatable bonds is 20. The third kappa shape index (κ3) is 26.2. The van der Waals surface area contributed by atoms with E-state index in [4.69, 9.17) is 44.6 Å². The second-order valence-electron chi connectivity index (χ2n) is 22.3. The van der Waals surface area contributed by atoms with E-state index in [1.54, 1.807) is 32.9 Å². The van der Waals surface area contributed by atoms with Crippen molar-refractivity contribution in [3.8, 4) is 6.07 Å². The smallest absolute Gasteiger partial charge is 0.335 e. The fourth-order valence-electron chi connectivity index (χ4n) is 7.68. The highest BCUT2D eigenvalue weighted by Gasteiger charge is 2.64. The maximum atomic E-state index is 12.4. The first kappa shape index (κ1) is 71.4. The summed E-state index contributed by atoms with van der Waals surface area (Å²) in [5.74, 6) is -1.79. The van der Waals surface area contributed by atoms with Crippen molar-refractivity contribution in [1.29, 1.82) is 5.26 Å². The van der Waals surface area contributed by atoms with Gasteiger partial charge in [0.25, 0.3) is 0 Å². The molecule has 4 aliphatic carbocycles. The van der Waals surface area contributed by atoms with Gasteiger partial charge >= 0.3 is 35.8 Å². The molecule has 1 aromatic rings. The van der Waals surface area contributed by atoms with Crippen LogP contribution < -0.4 is 0 Å². The number of carbonyl (C=O) groups excluding carboxylic acids is 4. The summed E-state index contributed by atoms with van der Waals surface area (Å²) in [7, 11) is 0. The molecule has 0 aromatic heterocycles. The molecule has 5 rings (SSSR count). The van der Waals surface area contributed by atoms with Gasteiger partial charge in [0.2, 0.25) is 0 Å². The van der Waals surface area contributed by atoms with Crippen molar-refractivity contribution in [2.75, 3.05) is 26.4 Å². The number of aliphatic carboxylic acids is 1. The number of esters is 4. The highest BCUT2D eigenvalue weighted by atomic mass is 16.6. The Morgan fingerprint density at radius 2 is 1.12 bits per heavy atom. The van der Waals surface area contributed by atoms with Crippen LogP contribution in [0.5, 0.6) is 0 Å². The van der Waals surface area contributed by atoms with Crippen LogP contribution in [0.15, 0.2) is 24.3 Å². The lowest BCUT2D eigenvalue weighted by Gasteiger charge is -2.62. The molecule has 17 heteroatoms. The van der Waals surface area contributed by atoms with Crippen molar-refractivity contribution in [2.45, 2.75) is 223 Å². The van der Waals surface area contributed by atoms with Crippen LogP contribution >= 0.6 is 0 Å². The summed E-state index contributed by atoms with van der Waals surface area (Å²) in [6.07, 6.45) is 8.20. The molecule has 0 saturated heterocycles. The summed E-state index contributed by atoms with van der Waals surface area (Å²) in [5, 5.41) is 63.7. The van der Waals surface area contributed by atoms with Gasteiger partial charge < -0.3 is 49.6 Å². The quantitative estimate of drug-likeness (QED) is 0.0402. The van der Waals surface area contributed by atoms with Crippen LogP contribution in [0.3, 0.4) is 0 Å². The molecule has 4 bridgehead atoms. The molecule has 0 amide bonds. The molecule has 0 spiro atoms. The third-order valence-corrected chi connectivity index (χ3v) is 14.2. The lowest BCUT2D eigenvalue weighted by atomic mass is 9.50. The number of carboxylic acids is 2. The Labute approximate surface area is 443 Å². The number of hydrogen-bond donors (Lipinski definition) is 6. The molecule has 0 radical (unpaired) electrons. The first-order chi connectivity index (χ1) is 34.1. The first-order valence-corrected chi connectivity index (χ1v) is 26.5. The van der Waals surface area contributed by atoms with Gasteiger partial charge in [0.05, 0.1) is 70.0 Å². The second-order valence-corrected chi connectivity index (χ2v) is 22.3. The molecule has 1 aromatic carbocycles. The van der Waals surface area contributed by atoms with Crippen LogP contribution in [0.4, 0.5) is 0 Å². The van der Waals surface area contributed by atoms with E-state index in [1.807, 2.05) is 94.4 Å². The van der Waals surface area contributed by atoms with Gasteiger partial charge in [-0.15, -0.1) is 0 Å². The van der Waals surface area contributed by atoms with Crippen LogP contribution in [0.2, 0.25) is 0 Å². The molecule has 426 valence electrons. The van der Waals surface area contributed by atoms with Crippen molar-refractivity contribution in [3.63, 3.8) is 0 Å². The van der Waals surface area contributed by atoms with Crippen LogP contribution in [0, 0.1) is 45.3 Å². The van der Waals surface area contributed by atoms with Gasteiger partial charge in [0.1, 0.15) is 25.4 Å². The van der Waals surface area contributed by atoms with Crippen molar-refractivity contribution in [2.24, 2.45) is 34.0 Å². The number of aliphatic hydroxyl groups is 4. The number of aromatic carboxylic acids is 1. The molecule has 74 heavy (non-hydrogen) atoms. The summed E-state index contributed by atoms with van der Waals surface area (Å²) in [4.78, 5) is 66.2. The zero-order chi connectivity index (χ0) is 57.9. The van der Waals surface area contributed by atoms with Gasteiger partial charge in [-0.05, 0) is 136 Å². The molecule has 4 fully saturated rings. The second kappa shape index (κ2) is 33.4. The first-order valence-electron chi connectivity index (χ1n) is 26.5. The minimum atomic E-state index is -0.865. The van der Waals surface area contributed by atoms with Crippen LogP contribution in [-0.4, -0.2) is 116 Å². The van der Waals surface area contributed by atoms with Crippen molar-refractivity contribution in [3.05, 3.63) is 35.4 Å². The van der Waals surface area contributed by atoms with Crippen LogP contribution in [-0.2, 0) is 42.9 Å². The van der Waals surface area contributed by atoms with Gasteiger partial charge in [-0.1, -0.05) is 74.4 Å². The predicted octanol–water partition coefficient (Wildman–Crippen LogP) is 9.97. The van der Waals surface area contributed by atoms with Gasteiger partial charge in [-0.3, -0.25) is 24.0 Å². The molecule has 0 aliphatic heterocycles. The van der Waals surface area contributed by atoms with Crippen molar-refractivity contribution < 1.29 is 78.4 Å². The fraction of sp³-hybridized carbons (Fsp3) is 0.772. The minimum Gasteiger partial charge on any atom is -0.481 e. The predicted molar refractivity (Wildman–Crippen MR) is 283 cm³/mol. The number of hydrogen-bond acceptors (Lipinski definition) is 15. The Bertz CT molecular complexity index is 1880. The average molecular weight is 1050 g/mol.